The molecule has 3 amide bonds. The van der Waals surface area contributed by atoms with E-state index in [1.807, 2.05) is 27.7 Å². The molecule has 0 saturated heterocycles. The van der Waals surface area contributed by atoms with Crippen molar-refractivity contribution in [3.05, 3.63) is 0 Å². The SMILES string of the molecule is CCCCN(C(=O)CC(OC)C(C(C)CC)N(C)C(=O)CNC(=O)OC(C)(C)C)C(OC)C(C)C. The molecule has 0 radical (unpaired) electrons. The van der Waals surface area contributed by atoms with Gasteiger partial charge in [-0.05, 0) is 39.0 Å². The van der Waals surface area contributed by atoms with Crippen molar-refractivity contribution in [1.82, 2.24) is 15.1 Å². The number of hydrogen-bond acceptors (Lipinski definition) is 6. The summed E-state index contributed by atoms with van der Waals surface area (Å²) in [7, 11) is 4.88. The first kappa shape index (κ1) is 33.1. The van der Waals surface area contributed by atoms with Crippen LogP contribution in [-0.2, 0) is 23.8 Å². The second-order valence-corrected chi connectivity index (χ2v) is 10.5. The molecule has 0 heterocycles. The number of rotatable bonds is 15. The molecule has 0 rings (SSSR count). The molecule has 35 heavy (non-hydrogen) atoms. The predicted octanol–water partition coefficient (Wildman–Crippen LogP) is 4.05. The van der Waals surface area contributed by atoms with E-state index in [0.717, 1.165) is 19.3 Å². The molecule has 0 saturated carbocycles. The Morgan fingerprint density at radius 2 is 1.57 bits per heavy atom. The molecule has 0 fully saturated rings. The molecule has 4 atom stereocenters. The number of carbonyl (C=O) groups excluding carboxylic acids is 3. The van der Waals surface area contributed by atoms with E-state index in [-0.39, 0.29) is 48.9 Å². The highest BCUT2D eigenvalue weighted by Gasteiger charge is 2.36. The van der Waals surface area contributed by atoms with Crippen LogP contribution in [0.5, 0.6) is 0 Å². The number of carbonyl (C=O) groups is 3. The molecule has 0 bridgehead atoms. The lowest BCUT2D eigenvalue weighted by Crippen LogP contribution is -2.54. The number of amides is 3. The van der Waals surface area contributed by atoms with E-state index in [4.69, 9.17) is 14.2 Å². The van der Waals surface area contributed by atoms with Crippen LogP contribution in [0.15, 0.2) is 0 Å². The quantitative estimate of drug-likeness (QED) is 0.340. The molecule has 0 aromatic rings. The number of nitrogens with one attached hydrogen (secondary N) is 1. The second kappa shape index (κ2) is 16.0. The van der Waals surface area contributed by atoms with Crippen molar-refractivity contribution in [2.24, 2.45) is 11.8 Å². The van der Waals surface area contributed by atoms with Crippen LogP contribution in [-0.4, -0.2) is 86.0 Å². The van der Waals surface area contributed by atoms with E-state index in [2.05, 4.69) is 12.2 Å². The van der Waals surface area contributed by atoms with Crippen LogP contribution in [0, 0.1) is 11.8 Å². The maximum atomic E-state index is 13.5. The molecule has 9 heteroatoms. The zero-order valence-corrected chi connectivity index (χ0v) is 24.0. The summed E-state index contributed by atoms with van der Waals surface area (Å²) >= 11 is 0. The summed E-state index contributed by atoms with van der Waals surface area (Å²) < 4.78 is 16.7. The van der Waals surface area contributed by atoms with Crippen molar-refractivity contribution >= 4 is 17.9 Å². The van der Waals surface area contributed by atoms with E-state index < -0.39 is 17.8 Å². The Labute approximate surface area is 213 Å². The average molecular weight is 502 g/mol. The fraction of sp³-hybridized carbons (Fsp3) is 0.885. The zero-order valence-electron chi connectivity index (χ0n) is 24.0. The van der Waals surface area contributed by atoms with Gasteiger partial charge in [0, 0.05) is 27.8 Å². The fourth-order valence-corrected chi connectivity index (χ4v) is 4.11. The van der Waals surface area contributed by atoms with Gasteiger partial charge in [-0.15, -0.1) is 0 Å². The summed E-state index contributed by atoms with van der Waals surface area (Å²) in [5, 5.41) is 2.52. The average Bonchev–Trinajstić information content (AvgIpc) is 2.77. The van der Waals surface area contributed by atoms with Crippen LogP contribution in [0.4, 0.5) is 4.79 Å². The first-order valence-electron chi connectivity index (χ1n) is 12.8. The highest BCUT2D eigenvalue weighted by Crippen LogP contribution is 2.24. The van der Waals surface area contributed by atoms with E-state index >= 15 is 0 Å². The predicted molar refractivity (Wildman–Crippen MR) is 138 cm³/mol. The van der Waals surface area contributed by atoms with Gasteiger partial charge in [-0.1, -0.05) is 47.5 Å². The Bertz CT molecular complexity index is 649. The van der Waals surface area contributed by atoms with Crippen LogP contribution in [0.1, 0.15) is 81.1 Å². The van der Waals surface area contributed by atoms with E-state index in [0.29, 0.717) is 6.54 Å². The van der Waals surface area contributed by atoms with Crippen molar-refractivity contribution in [3.8, 4) is 0 Å². The summed E-state index contributed by atoms with van der Waals surface area (Å²) in [4.78, 5) is 41.8. The number of hydrogen-bond donors (Lipinski definition) is 1. The molecule has 0 aromatic carbocycles. The molecule has 0 aliphatic rings. The number of ether oxygens (including phenoxy) is 3. The number of methoxy groups -OCH3 is 2. The van der Waals surface area contributed by atoms with Gasteiger partial charge in [0.15, 0.2) is 0 Å². The molecule has 1 N–H and O–H groups in total. The van der Waals surface area contributed by atoms with Gasteiger partial charge in [0.1, 0.15) is 18.4 Å². The maximum Gasteiger partial charge on any atom is 0.408 e. The lowest BCUT2D eigenvalue weighted by Gasteiger charge is -2.39. The largest absolute Gasteiger partial charge is 0.444 e. The standard InChI is InChI=1S/C26H51N3O6/c1-12-14-15-29(24(34-11)18(3)4)21(30)16-20(33-10)23(19(5)13-2)28(9)22(31)17-27-25(32)35-26(6,7)8/h18-20,23-24H,12-17H2,1-11H3,(H,27,32). The van der Waals surface area contributed by atoms with Crippen LogP contribution >= 0.6 is 0 Å². The minimum absolute atomic E-state index is 0.0631. The summed E-state index contributed by atoms with van der Waals surface area (Å²) in [6.45, 7) is 15.9. The van der Waals surface area contributed by atoms with Crippen molar-refractivity contribution in [3.63, 3.8) is 0 Å². The minimum Gasteiger partial charge on any atom is -0.444 e. The molecule has 0 spiro atoms. The van der Waals surface area contributed by atoms with Gasteiger partial charge >= 0.3 is 6.09 Å². The van der Waals surface area contributed by atoms with Gasteiger partial charge in [-0.25, -0.2) is 4.79 Å². The minimum atomic E-state index is -0.653. The Balaban J connectivity index is 5.63. The van der Waals surface area contributed by atoms with Gasteiger partial charge in [0.05, 0.1) is 18.6 Å². The summed E-state index contributed by atoms with van der Waals surface area (Å²) in [6, 6.07) is -0.352. The molecular weight excluding hydrogens is 450 g/mol. The normalized spacial score (nSPS) is 15.2. The van der Waals surface area contributed by atoms with Gasteiger partial charge in [0.2, 0.25) is 11.8 Å². The van der Waals surface area contributed by atoms with Crippen LogP contribution in [0.25, 0.3) is 0 Å². The summed E-state index contributed by atoms with van der Waals surface area (Å²) in [5.41, 5.74) is -0.653. The number of nitrogens with zero attached hydrogens (tertiary/aromatic N) is 2. The first-order chi connectivity index (χ1) is 16.2. The van der Waals surface area contributed by atoms with Crippen molar-refractivity contribution in [2.75, 3.05) is 34.4 Å². The lowest BCUT2D eigenvalue weighted by atomic mass is 9.90. The summed E-state index contributed by atoms with van der Waals surface area (Å²) in [6.07, 6.45) is 1.26. The molecule has 0 aromatic heterocycles. The highest BCUT2D eigenvalue weighted by molar-refractivity contribution is 5.82. The maximum absolute atomic E-state index is 13.5. The fourth-order valence-electron chi connectivity index (χ4n) is 4.11. The number of alkyl carbamates (subject to hydrolysis) is 1. The van der Waals surface area contributed by atoms with Crippen LogP contribution < -0.4 is 5.32 Å². The third kappa shape index (κ3) is 11.6. The summed E-state index contributed by atoms with van der Waals surface area (Å²) in [5.74, 6) is -0.145. The lowest BCUT2D eigenvalue weighted by molar-refractivity contribution is -0.153. The Morgan fingerprint density at radius 1 is 0.971 bits per heavy atom. The monoisotopic (exact) mass is 501 g/mol. The smallest absolute Gasteiger partial charge is 0.408 e. The first-order valence-corrected chi connectivity index (χ1v) is 12.8. The van der Waals surface area contributed by atoms with E-state index in [1.54, 1.807) is 51.8 Å². The molecule has 0 aliphatic heterocycles. The van der Waals surface area contributed by atoms with Gasteiger partial charge < -0.3 is 29.3 Å². The zero-order chi connectivity index (χ0) is 27.3. The van der Waals surface area contributed by atoms with Crippen LogP contribution in [0.3, 0.4) is 0 Å². The molecule has 0 aliphatic carbocycles. The second-order valence-electron chi connectivity index (χ2n) is 10.5. The van der Waals surface area contributed by atoms with Crippen molar-refractivity contribution < 1.29 is 28.6 Å². The molecule has 4 unspecified atom stereocenters. The molecule has 206 valence electrons. The molecular formula is C26H51N3O6. The van der Waals surface area contributed by atoms with Crippen molar-refractivity contribution in [2.45, 2.75) is 105 Å². The highest BCUT2D eigenvalue weighted by atomic mass is 16.6. The topological polar surface area (TPSA) is 97.4 Å². The number of unbranched alkanes of at least 4 members (excludes halogenated alkanes) is 1. The van der Waals surface area contributed by atoms with Gasteiger partial charge in [0.25, 0.3) is 0 Å². The van der Waals surface area contributed by atoms with Crippen molar-refractivity contribution in [1.29, 1.82) is 0 Å². The van der Waals surface area contributed by atoms with E-state index in [1.165, 1.54) is 0 Å². The third-order valence-electron chi connectivity index (χ3n) is 6.10. The third-order valence-corrected chi connectivity index (χ3v) is 6.10. The van der Waals surface area contributed by atoms with Crippen LogP contribution in [0.2, 0.25) is 0 Å². The van der Waals surface area contributed by atoms with E-state index in [9.17, 15) is 14.4 Å². The van der Waals surface area contributed by atoms with Gasteiger partial charge in [-0.3, -0.25) is 9.59 Å². The Morgan fingerprint density at radius 3 is 2.00 bits per heavy atom. The van der Waals surface area contributed by atoms with Gasteiger partial charge in [-0.2, -0.15) is 0 Å². The molecule has 9 nitrogen and oxygen atoms in total. The Kier molecular flexibility index (Phi) is 15.1. The number of likely N-dealkylation sites (N-methyl/N-ethyl adjacent to an activating group) is 1. The Hall–Kier alpha value is -1.87.